The highest BCUT2D eigenvalue weighted by atomic mass is 35.5. The first-order valence-electron chi connectivity index (χ1n) is 10.6. The molecule has 34 heavy (non-hydrogen) atoms. The van der Waals surface area contributed by atoms with Crippen molar-refractivity contribution in [2.24, 2.45) is 0 Å². The number of fused-ring (bicyclic) bond motifs is 1. The van der Waals surface area contributed by atoms with Gasteiger partial charge in [-0.05, 0) is 43.7 Å². The van der Waals surface area contributed by atoms with Gasteiger partial charge < -0.3 is 20.1 Å². The van der Waals surface area contributed by atoms with Crippen LogP contribution in [0.3, 0.4) is 0 Å². The Morgan fingerprint density at radius 2 is 1.94 bits per heavy atom. The summed E-state index contributed by atoms with van der Waals surface area (Å²) in [6.45, 7) is 1.80. The van der Waals surface area contributed by atoms with Gasteiger partial charge >= 0.3 is 12.5 Å². The number of nitrogens with zero attached hydrogens (tertiary/aromatic N) is 3. The quantitative estimate of drug-likeness (QED) is 0.524. The third-order valence-corrected chi connectivity index (χ3v) is 5.93. The van der Waals surface area contributed by atoms with Crippen LogP contribution in [0, 0.1) is 6.92 Å². The number of carboxylic acid groups (broad SMARTS) is 1. The molecule has 3 aromatic rings. The minimum atomic E-state index is -3.06. The van der Waals surface area contributed by atoms with Crippen LogP contribution < -0.4 is 15.8 Å². The molecule has 0 spiro atoms. The lowest BCUT2D eigenvalue weighted by Crippen LogP contribution is -2.41. The van der Waals surface area contributed by atoms with E-state index in [4.69, 9.17) is 16.3 Å². The highest BCUT2D eigenvalue weighted by Crippen LogP contribution is 2.31. The van der Waals surface area contributed by atoms with Crippen molar-refractivity contribution in [3.05, 3.63) is 62.4 Å². The van der Waals surface area contributed by atoms with E-state index >= 15 is 0 Å². The van der Waals surface area contributed by atoms with Gasteiger partial charge in [0, 0.05) is 29.4 Å². The molecule has 2 heterocycles. The van der Waals surface area contributed by atoms with Crippen molar-refractivity contribution in [3.8, 4) is 0 Å². The number of aromatic nitrogens is 2. The van der Waals surface area contributed by atoms with E-state index in [9.17, 15) is 23.5 Å². The lowest BCUT2D eigenvalue weighted by molar-refractivity contribution is 0.0649. The summed E-state index contributed by atoms with van der Waals surface area (Å²) in [6.07, 6.45) is 0. The molecule has 11 heteroatoms. The van der Waals surface area contributed by atoms with E-state index in [1.165, 1.54) is 12.1 Å². The fraction of sp³-hybridized carbons (Fsp3) is 0.348. The maximum atomic E-state index is 14.0. The molecule has 1 aliphatic rings. The molecule has 2 N–H and O–H groups in total. The number of morpholine rings is 1. The van der Waals surface area contributed by atoms with Crippen LogP contribution in [-0.2, 0) is 4.74 Å². The highest BCUT2D eigenvalue weighted by Gasteiger charge is 2.26. The summed E-state index contributed by atoms with van der Waals surface area (Å²) >= 11 is 5.95. The summed E-state index contributed by atoms with van der Waals surface area (Å²) in [5.41, 5.74) is 1.02. The average molecular weight is 493 g/mol. The normalized spacial score (nSPS) is 15.1. The molecule has 0 radical (unpaired) electrons. The zero-order chi connectivity index (χ0) is 24.6. The summed E-state index contributed by atoms with van der Waals surface area (Å²) in [5, 5.41) is 13.0. The van der Waals surface area contributed by atoms with Gasteiger partial charge in [0.25, 0.3) is 5.56 Å². The van der Waals surface area contributed by atoms with Crippen LogP contribution in [0.1, 0.15) is 41.0 Å². The standard InChI is InChI=1S/C23H23ClF2N4O4/c1-12-9-15(13(2)27-18-4-3-14(24)11-16(18)21(32)33)19-17(10-12)20(31)30(22(25)26)23(28-19)29-5-7-34-8-6-29/h3-4,9-11,13,22,27H,5-8H2,1-2H3,(H,32,33)/t13-/m1/s1. The van der Waals surface area contributed by atoms with Crippen LogP contribution in [0.4, 0.5) is 20.4 Å². The van der Waals surface area contributed by atoms with Crippen molar-refractivity contribution < 1.29 is 23.4 Å². The fourth-order valence-electron chi connectivity index (χ4n) is 4.09. The monoisotopic (exact) mass is 492 g/mol. The van der Waals surface area contributed by atoms with Crippen molar-refractivity contribution in [2.75, 3.05) is 36.5 Å². The number of rotatable bonds is 6. The van der Waals surface area contributed by atoms with E-state index in [-0.39, 0.29) is 27.4 Å². The number of hydrogen-bond acceptors (Lipinski definition) is 6. The van der Waals surface area contributed by atoms with Crippen molar-refractivity contribution >= 4 is 40.1 Å². The number of carbonyl (C=O) groups is 1. The topological polar surface area (TPSA) is 96.7 Å². The molecule has 180 valence electrons. The first kappa shape index (κ1) is 23.9. The number of benzene rings is 2. The molecular weight excluding hydrogens is 470 g/mol. The molecule has 1 aromatic heterocycles. The van der Waals surface area contributed by atoms with Gasteiger partial charge in [-0.3, -0.25) is 4.79 Å². The van der Waals surface area contributed by atoms with Gasteiger partial charge in [0.2, 0.25) is 5.95 Å². The Hall–Kier alpha value is -3.24. The number of carboxylic acids is 1. The molecule has 0 aliphatic carbocycles. The molecule has 0 unspecified atom stereocenters. The maximum absolute atomic E-state index is 14.0. The van der Waals surface area contributed by atoms with Crippen LogP contribution in [-0.4, -0.2) is 46.9 Å². The van der Waals surface area contributed by atoms with Crippen LogP contribution in [0.5, 0.6) is 0 Å². The van der Waals surface area contributed by atoms with E-state index in [1.54, 1.807) is 36.9 Å². The van der Waals surface area contributed by atoms with Crippen molar-refractivity contribution in [1.82, 2.24) is 9.55 Å². The number of halogens is 3. The first-order chi connectivity index (χ1) is 16.2. The van der Waals surface area contributed by atoms with Gasteiger partial charge in [0.05, 0.1) is 35.7 Å². The second-order valence-electron chi connectivity index (χ2n) is 8.08. The molecule has 8 nitrogen and oxygen atoms in total. The van der Waals surface area contributed by atoms with Crippen LogP contribution in [0.2, 0.25) is 5.02 Å². The molecule has 0 saturated carbocycles. The van der Waals surface area contributed by atoms with E-state index in [2.05, 4.69) is 10.3 Å². The molecule has 0 amide bonds. The number of aromatic carboxylic acids is 1. The third kappa shape index (κ3) is 4.55. The zero-order valence-electron chi connectivity index (χ0n) is 18.5. The van der Waals surface area contributed by atoms with E-state index in [0.717, 1.165) is 0 Å². The lowest BCUT2D eigenvalue weighted by atomic mass is 10.0. The average Bonchev–Trinajstić information content (AvgIpc) is 2.80. The molecular formula is C23H23ClF2N4O4. The van der Waals surface area contributed by atoms with Gasteiger partial charge in [0.15, 0.2) is 0 Å². The molecule has 1 atom stereocenters. The SMILES string of the molecule is Cc1cc([C@@H](C)Nc2ccc(Cl)cc2C(=O)O)c2nc(N3CCOCC3)n(C(F)F)c(=O)c2c1. The third-order valence-electron chi connectivity index (χ3n) is 5.70. The predicted molar refractivity (Wildman–Crippen MR) is 125 cm³/mol. The molecule has 0 bridgehead atoms. The molecule has 1 aliphatic heterocycles. The smallest absolute Gasteiger partial charge is 0.337 e. The molecule has 1 saturated heterocycles. The molecule has 1 fully saturated rings. The second-order valence-corrected chi connectivity index (χ2v) is 8.51. The van der Waals surface area contributed by atoms with Gasteiger partial charge in [-0.2, -0.15) is 8.78 Å². The lowest BCUT2D eigenvalue weighted by Gasteiger charge is -2.30. The van der Waals surface area contributed by atoms with Crippen LogP contribution in [0.15, 0.2) is 35.1 Å². The number of aryl methyl sites for hydroxylation is 1. The van der Waals surface area contributed by atoms with Gasteiger partial charge in [0.1, 0.15) is 0 Å². The summed E-state index contributed by atoms with van der Waals surface area (Å²) < 4.78 is 33.6. The Balaban J connectivity index is 1.87. The van der Waals surface area contributed by atoms with E-state index < -0.39 is 24.1 Å². The largest absolute Gasteiger partial charge is 0.478 e. The summed E-state index contributed by atoms with van der Waals surface area (Å²) in [7, 11) is 0. The van der Waals surface area contributed by atoms with E-state index in [0.29, 0.717) is 47.7 Å². The Morgan fingerprint density at radius 3 is 2.59 bits per heavy atom. The summed E-state index contributed by atoms with van der Waals surface area (Å²) in [6, 6.07) is 7.29. The van der Waals surface area contributed by atoms with Gasteiger partial charge in [-0.15, -0.1) is 0 Å². The first-order valence-corrected chi connectivity index (χ1v) is 11.0. The summed E-state index contributed by atoms with van der Waals surface area (Å²) in [5.74, 6) is -1.27. The molecule has 4 rings (SSSR count). The predicted octanol–water partition coefficient (Wildman–Crippen LogP) is 4.46. The fourth-order valence-corrected chi connectivity index (χ4v) is 4.26. The Kier molecular flexibility index (Phi) is 6.72. The Labute approximate surface area is 198 Å². The zero-order valence-corrected chi connectivity index (χ0v) is 19.3. The van der Waals surface area contributed by atoms with Crippen molar-refractivity contribution in [2.45, 2.75) is 26.4 Å². The number of nitrogens with one attached hydrogen (secondary N) is 1. The Morgan fingerprint density at radius 1 is 1.24 bits per heavy atom. The minimum absolute atomic E-state index is 0.0154. The maximum Gasteiger partial charge on any atom is 0.337 e. The number of ether oxygens (including phenoxy) is 1. The van der Waals surface area contributed by atoms with Gasteiger partial charge in [-0.1, -0.05) is 17.7 Å². The van der Waals surface area contributed by atoms with Crippen LogP contribution in [0.25, 0.3) is 10.9 Å². The van der Waals surface area contributed by atoms with Crippen molar-refractivity contribution in [3.63, 3.8) is 0 Å². The van der Waals surface area contributed by atoms with Crippen LogP contribution >= 0.6 is 11.6 Å². The second kappa shape index (κ2) is 9.55. The molecule has 2 aromatic carbocycles. The number of anilines is 2. The number of alkyl halides is 2. The number of hydrogen-bond donors (Lipinski definition) is 2. The minimum Gasteiger partial charge on any atom is -0.478 e. The van der Waals surface area contributed by atoms with E-state index in [1.807, 2.05) is 0 Å². The van der Waals surface area contributed by atoms with Crippen molar-refractivity contribution in [1.29, 1.82) is 0 Å². The van der Waals surface area contributed by atoms with Gasteiger partial charge in [-0.25, -0.2) is 14.3 Å². The summed E-state index contributed by atoms with van der Waals surface area (Å²) in [4.78, 5) is 31.0. The Bertz CT molecular complexity index is 1310. The highest BCUT2D eigenvalue weighted by molar-refractivity contribution is 6.31.